The van der Waals surface area contributed by atoms with Crippen molar-refractivity contribution in [3.63, 3.8) is 0 Å². The van der Waals surface area contributed by atoms with E-state index in [-0.39, 0.29) is 23.3 Å². The molecule has 2 bridgehead atoms. The van der Waals surface area contributed by atoms with Crippen molar-refractivity contribution in [3.8, 4) is 0 Å². The van der Waals surface area contributed by atoms with E-state index in [4.69, 9.17) is 4.55 Å². The van der Waals surface area contributed by atoms with Crippen molar-refractivity contribution in [2.75, 3.05) is 5.75 Å². The number of fused-ring (bicyclic) bond motifs is 2. The number of hydrogen-bond acceptors (Lipinski definition) is 3. The highest BCUT2D eigenvalue weighted by Crippen LogP contribution is 2.67. The van der Waals surface area contributed by atoms with Crippen LogP contribution in [-0.2, 0) is 14.9 Å². The van der Waals surface area contributed by atoms with E-state index < -0.39 is 20.9 Å². The second kappa shape index (κ2) is 3.10. The van der Waals surface area contributed by atoms with Crippen LogP contribution in [0.25, 0.3) is 0 Å². The van der Waals surface area contributed by atoms with E-state index in [2.05, 4.69) is 0 Å². The van der Waals surface area contributed by atoms with Crippen LogP contribution in [0.1, 0.15) is 26.7 Å². The van der Waals surface area contributed by atoms with Gasteiger partial charge in [-0.1, -0.05) is 13.8 Å². The van der Waals surface area contributed by atoms with Crippen molar-refractivity contribution in [3.05, 3.63) is 0 Å². The Kier molecular flexibility index (Phi) is 2.35. The first-order valence-electron chi connectivity index (χ1n) is 5.61. The van der Waals surface area contributed by atoms with Gasteiger partial charge >= 0.3 is 0 Å². The predicted octanol–water partition coefficient (Wildman–Crippen LogP) is 0.301. The lowest BCUT2D eigenvalue weighted by Crippen LogP contribution is -2.40. The van der Waals surface area contributed by atoms with Crippen molar-refractivity contribution in [1.29, 1.82) is 0 Å². The van der Waals surface area contributed by atoms with E-state index in [1.54, 1.807) is 0 Å². The Bertz CT molecular complexity index is 446. The molecule has 2 aliphatic carbocycles. The summed E-state index contributed by atoms with van der Waals surface area (Å²) in [5, 5.41) is 0. The van der Waals surface area contributed by atoms with Gasteiger partial charge in [0.1, 0.15) is 13.6 Å². The van der Waals surface area contributed by atoms with E-state index in [9.17, 15) is 13.2 Å². The van der Waals surface area contributed by atoms with Gasteiger partial charge in [-0.25, -0.2) is 0 Å². The minimum absolute atomic E-state index is 0.0782. The molecule has 2 rings (SSSR count). The molecule has 2 fully saturated rings. The number of hydrogen-bond donors (Lipinski definition) is 1. The minimum atomic E-state index is -4.03. The molecule has 0 amide bonds. The van der Waals surface area contributed by atoms with Crippen LogP contribution in [0.3, 0.4) is 0 Å². The monoisotopic (exact) mass is 244 g/mol. The Hall–Kier alpha value is -0.355. The molecule has 0 saturated heterocycles. The Morgan fingerprint density at radius 1 is 1.50 bits per heavy atom. The SMILES string of the molecule is B[C@@H]1C(=O)C2(C)CCC1C2(C)CS(=O)(=O)O. The molecule has 2 saturated carbocycles. The highest BCUT2D eigenvalue weighted by molar-refractivity contribution is 7.85. The van der Waals surface area contributed by atoms with Gasteiger partial charge in [0.15, 0.2) is 0 Å². The minimum Gasteiger partial charge on any atom is -0.300 e. The third-order valence-electron chi connectivity index (χ3n) is 5.08. The van der Waals surface area contributed by atoms with Crippen molar-refractivity contribution in [2.45, 2.75) is 32.5 Å². The molecule has 3 unspecified atom stereocenters. The van der Waals surface area contributed by atoms with E-state index >= 15 is 0 Å². The molecule has 2 aliphatic rings. The van der Waals surface area contributed by atoms with Gasteiger partial charge in [0, 0.05) is 5.41 Å². The van der Waals surface area contributed by atoms with Gasteiger partial charge in [-0.2, -0.15) is 8.42 Å². The van der Waals surface area contributed by atoms with Crippen LogP contribution in [0.4, 0.5) is 0 Å². The summed E-state index contributed by atoms with van der Waals surface area (Å²) in [6.45, 7) is 3.68. The average Bonchev–Trinajstić information content (AvgIpc) is 2.40. The molecule has 1 N–H and O–H groups in total. The maximum Gasteiger partial charge on any atom is 0.265 e. The van der Waals surface area contributed by atoms with Crippen LogP contribution in [0, 0.1) is 16.7 Å². The summed E-state index contributed by atoms with van der Waals surface area (Å²) in [5.74, 6) is -0.121. The second-order valence-corrected chi connectivity index (χ2v) is 7.23. The van der Waals surface area contributed by atoms with Crippen molar-refractivity contribution >= 4 is 23.7 Å². The fourth-order valence-electron chi connectivity index (χ4n) is 3.99. The standard InChI is InChI=1S/C10H17BO4S/c1-9-4-3-6(7(11)8(9)12)10(9,2)5-16(13,14)15/h6-7H,3-5,11H2,1-2H3,(H,13,14,15)/t6?,7-,9?,10?/m0/s1. The van der Waals surface area contributed by atoms with Gasteiger partial charge in [-0.05, 0) is 30.0 Å². The molecule has 0 aromatic rings. The van der Waals surface area contributed by atoms with Gasteiger partial charge in [0.25, 0.3) is 10.1 Å². The summed E-state index contributed by atoms with van der Waals surface area (Å²) in [6.07, 6.45) is 1.63. The second-order valence-electron chi connectivity index (χ2n) is 5.77. The molecule has 4 nitrogen and oxygen atoms in total. The molecular weight excluding hydrogens is 227 g/mol. The third-order valence-corrected chi connectivity index (χ3v) is 6.04. The number of ketones is 1. The van der Waals surface area contributed by atoms with Gasteiger partial charge in [0.2, 0.25) is 0 Å². The molecule has 0 aromatic carbocycles. The van der Waals surface area contributed by atoms with E-state index in [0.29, 0.717) is 0 Å². The fourth-order valence-corrected chi connectivity index (χ4v) is 5.28. The van der Waals surface area contributed by atoms with E-state index in [1.807, 2.05) is 21.7 Å². The van der Waals surface area contributed by atoms with Crippen molar-refractivity contribution in [2.24, 2.45) is 16.7 Å². The molecule has 0 aliphatic heterocycles. The van der Waals surface area contributed by atoms with Crippen LogP contribution in [0.15, 0.2) is 0 Å². The lowest BCUT2D eigenvalue weighted by atomic mass is 9.70. The number of rotatable bonds is 2. The molecule has 0 aromatic heterocycles. The Balaban J connectivity index is 2.47. The molecule has 0 spiro atoms. The van der Waals surface area contributed by atoms with Gasteiger partial charge in [-0.15, -0.1) is 0 Å². The normalized spacial score (nSPS) is 47.6. The summed E-state index contributed by atoms with van der Waals surface area (Å²) in [6, 6.07) is 0. The molecule has 0 heterocycles. The average molecular weight is 244 g/mol. The van der Waals surface area contributed by atoms with Crippen LogP contribution in [0.2, 0.25) is 5.82 Å². The number of Topliss-reactive ketones (excluding diaryl/α,β-unsaturated/α-hetero) is 1. The number of carbonyl (C=O) groups is 1. The fraction of sp³-hybridized carbons (Fsp3) is 0.900. The molecule has 6 heteroatoms. The van der Waals surface area contributed by atoms with Crippen LogP contribution < -0.4 is 0 Å². The van der Waals surface area contributed by atoms with Crippen molar-refractivity contribution in [1.82, 2.24) is 0 Å². The zero-order valence-electron chi connectivity index (χ0n) is 9.86. The van der Waals surface area contributed by atoms with Crippen LogP contribution in [-0.4, -0.2) is 32.4 Å². The van der Waals surface area contributed by atoms with Gasteiger partial charge in [-0.3, -0.25) is 9.35 Å². The molecule has 0 radical (unpaired) electrons. The Morgan fingerprint density at radius 3 is 2.44 bits per heavy atom. The first-order chi connectivity index (χ1) is 7.12. The first kappa shape index (κ1) is 12.1. The maximum atomic E-state index is 12.1. The summed E-state index contributed by atoms with van der Waals surface area (Å²) in [4.78, 5) is 12.1. The topological polar surface area (TPSA) is 71.4 Å². The van der Waals surface area contributed by atoms with E-state index in [1.165, 1.54) is 0 Å². The first-order valence-corrected chi connectivity index (χ1v) is 7.22. The van der Waals surface area contributed by atoms with Crippen LogP contribution >= 0.6 is 0 Å². The summed E-state index contributed by atoms with van der Waals surface area (Å²) < 4.78 is 31.3. The molecular formula is C10H17BO4S. The summed E-state index contributed by atoms with van der Waals surface area (Å²) >= 11 is 0. The lowest BCUT2D eigenvalue weighted by molar-refractivity contribution is -0.128. The maximum absolute atomic E-state index is 12.1. The van der Waals surface area contributed by atoms with E-state index in [0.717, 1.165) is 12.8 Å². The smallest absolute Gasteiger partial charge is 0.265 e. The zero-order valence-corrected chi connectivity index (χ0v) is 10.7. The summed E-state index contributed by atoms with van der Waals surface area (Å²) in [5.41, 5.74) is -1.18. The van der Waals surface area contributed by atoms with Crippen molar-refractivity contribution < 1.29 is 17.8 Å². The van der Waals surface area contributed by atoms with Crippen LogP contribution in [0.5, 0.6) is 0 Å². The Morgan fingerprint density at radius 2 is 2.06 bits per heavy atom. The third kappa shape index (κ3) is 1.32. The van der Waals surface area contributed by atoms with Gasteiger partial charge in [0.05, 0.1) is 5.75 Å². The predicted molar refractivity (Wildman–Crippen MR) is 62.7 cm³/mol. The molecule has 4 atom stereocenters. The summed E-state index contributed by atoms with van der Waals surface area (Å²) in [7, 11) is -2.15. The quantitative estimate of drug-likeness (QED) is 0.560. The Labute approximate surface area is 97.0 Å². The highest BCUT2D eigenvalue weighted by Gasteiger charge is 2.67. The molecule has 16 heavy (non-hydrogen) atoms. The lowest BCUT2D eigenvalue weighted by Gasteiger charge is -2.35. The largest absolute Gasteiger partial charge is 0.300 e. The highest BCUT2D eigenvalue weighted by atomic mass is 32.2. The molecule has 90 valence electrons. The van der Waals surface area contributed by atoms with Gasteiger partial charge < -0.3 is 0 Å². The zero-order chi connectivity index (χ0) is 12.4. The number of carbonyl (C=O) groups excluding carboxylic acids is 1.